The first-order valence-corrected chi connectivity index (χ1v) is 7.01. The summed E-state index contributed by atoms with van der Waals surface area (Å²) in [6, 6.07) is 10.8. The SMILES string of the molecule is NC(CSc1ccc(Cl)cc1)c1ccc(F)c(F)c1. The van der Waals surface area contributed by atoms with Crippen LogP contribution in [0, 0.1) is 11.6 Å². The molecule has 0 aliphatic heterocycles. The summed E-state index contributed by atoms with van der Waals surface area (Å²) in [7, 11) is 0. The predicted octanol–water partition coefficient (Wildman–Crippen LogP) is 4.41. The highest BCUT2D eigenvalue weighted by Crippen LogP contribution is 2.25. The Labute approximate surface area is 119 Å². The third kappa shape index (κ3) is 3.93. The van der Waals surface area contributed by atoms with E-state index < -0.39 is 11.6 Å². The molecule has 0 aliphatic carbocycles. The molecule has 0 spiro atoms. The van der Waals surface area contributed by atoms with Crippen molar-refractivity contribution in [3.8, 4) is 0 Å². The van der Waals surface area contributed by atoms with Gasteiger partial charge in [-0.25, -0.2) is 8.78 Å². The maximum Gasteiger partial charge on any atom is 0.159 e. The highest BCUT2D eigenvalue weighted by molar-refractivity contribution is 7.99. The van der Waals surface area contributed by atoms with Crippen LogP contribution in [0.15, 0.2) is 47.4 Å². The van der Waals surface area contributed by atoms with E-state index >= 15 is 0 Å². The van der Waals surface area contributed by atoms with Gasteiger partial charge in [0.05, 0.1) is 0 Å². The highest BCUT2D eigenvalue weighted by Gasteiger charge is 2.10. The average Bonchev–Trinajstić information content (AvgIpc) is 2.41. The number of rotatable bonds is 4. The van der Waals surface area contributed by atoms with Crippen LogP contribution in [0.5, 0.6) is 0 Å². The Morgan fingerprint density at radius 2 is 1.74 bits per heavy atom. The summed E-state index contributed by atoms with van der Waals surface area (Å²) >= 11 is 7.33. The molecule has 0 saturated heterocycles. The maximum absolute atomic E-state index is 13.1. The second-order valence-electron chi connectivity index (χ2n) is 4.04. The molecular formula is C14H12ClF2NS. The van der Waals surface area contributed by atoms with E-state index in [2.05, 4.69) is 0 Å². The van der Waals surface area contributed by atoms with Crippen molar-refractivity contribution >= 4 is 23.4 Å². The van der Waals surface area contributed by atoms with Gasteiger partial charge in [-0.1, -0.05) is 17.7 Å². The van der Waals surface area contributed by atoms with E-state index in [0.717, 1.165) is 17.0 Å². The minimum atomic E-state index is -0.871. The summed E-state index contributed by atoms with van der Waals surface area (Å²) in [6.07, 6.45) is 0. The van der Waals surface area contributed by atoms with Crippen molar-refractivity contribution in [3.05, 3.63) is 64.7 Å². The quantitative estimate of drug-likeness (QED) is 0.846. The molecule has 0 amide bonds. The Morgan fingerprint density at radius 3 is 2.37 bits per heavy atom. The molecule has 5 heteroatoms. The zero-order valence-corrected chi connectivity index (χ0v) is 11.5. The molecule has 0 fully saturated rings. The van der Waals surface area contributed by atoms with Crippen molar-refractivity contribution in [2.75, 3.05) is 5.75 Å². The lowest BCUT2D eigenvalue weighted by atomic mass is 10.1. The maximum atomic E-state index is 13.1. The van der Waals surface area contributed by atoms with Gasteiger partial charge in [0.2, 0.25) is 0 Å². The molecule has 0 bridgehead atoms. The lowest BCUT2D eigenvalue weighted by molar-refractivity contribution is 0.506. The zero-order valence-electron chi connectivity index (χ0n) is 9.95. The lowest BCUT2D eigenvalue weighted by Gasteiger charge is -2.12. The Bertz CT molecular complexity index is 560. The molecule has 2 N–H and O–H groups in total. The molecule has 0 heterocycles. The van der Waals surface area contributed by atoms with Crippen LogP contribution in [0.3, 0.4) is 0 Å². The van der Waals surface area contributed by atoms with Gasteiger partial charge < -0.3 is 5.73 Å². The van der Waals surface area contributed by atoms with Gasteiger partial charge in [0.1, 0.15) is 0 Å². The van der Waals surface area contributed by atoms with E-state index in [-0.39, 0.29) is 6.04 Å². The van der Waals surface area contributed by atoms with Crippen molar-refractivity contribution in [1.82, 2.24) is 0 Å². The van der Waals surface area contributed by atoms with E-state index in [9.17, 15) is 8.78 Å². The van der Waals surface area contributed by atoms with Crippen LogP contribution in [0.25, 0.3) is 0 Å². The zero-order chi connectivity index (χ0) is 13.8. The second-order valence-corrected chi connectivity index (χ2v) is 5.57. The summed E-state index contributed by atoms with van der Waals surface area (Å²) in [5.74, 6) is -1.15. The van der Waals surface area contributed by atoms with Gasteiger partial charge in [-0.05, 0) is 42.0 Å². The van der Waals surface area contributed by atoms with Gasteiger partial charge in [-0.2, -0.15) is 0 Å². The monoisotopic (exact) mass is 299 g/mol. The first kappa shape index (κ1) is 14.3. The van der Waals surface area contributed by atoms with Crippen molar-refractivity contribution in [3.63, 3.8) is 0 Å². The molecule has 2 rings (SSSR count). The molecule has 0 aromatic heterocycles. The highest BCUT2D eigenvalue weighted by atomic mass is 35.5. The summed E-state index contributed by atoms with van der Waals surface area (Å²) in [5.41, 5.74) is 6.54. The van der Waals surface area contributed by atoms with Gasteiger partial charge in [-0.3, -0.25) is 0 Å². The molecule has 19 heavy (non-hydrogen) atoms. The minimum absolute atomic E-state index is 0.351. The standard InChI is InChI=1S/C14H12ClF2NS/c15-10-2-4-11(5-3-10)19-8-14(18)9-1-6-12(16)13(17)7-9/h1-7,14H,8,18H2. The first-order valence-electron chi connectivity index (χ1n) is 5.65. The third-order valence-corrected chi connectivity index (χ3v) is 4.00. The largest absolute Gasteiger partial charge is 0.323 e. The van der Waals surface area contributed by atoms with E-state index in [1.807, 2.05) is 12.1 Å². The molecule has 100 valence electrons. The molecule has 0 aliphatic rings. The predicted molar refractivity (Wildman–Crippen MR) is 75.5 cm³/mol. The summed E-state index contributed by atoms with van der Waals surface area (Å²) in [4.78, 5) is 1.03. The van der Waals surface area contributed by atoms with Crippen LogP contribution in [0.4, 0.5) is 8.78 Å². The number of hydrogen-bond acceptors (Lipinski definition) is 2. The fourth-order valence-corrected chi connectivity index (χ4v) is 2.58. The average molecular weight is 300 g/mol. The number of halogens is 3. The van der Waals surface area contributed by atoms with Crippen LogP contribution < -0.4 is 5.73 Å². The number of nitrogens with two attached hydrogens (primary N) is 1. The Morgan fingerprint density at radius 1 is 1.05 bits per heavy atom. The van der Waals surface area contributed by atoms with Gasteiger partial charge in [0.15, 0.2) is 11.6 Å². The van der Waals surface area contributed by atoms with E-state index in [0.29, 0.717) is 16.3 Å². The summed E-state index contributed by atoms with van der Waals surface area (Å²) in [6.45, 7) is 0. The van der Waals surface area contributed by atoms with Crippen molar-refractivity contribution in [2.24, 2.45) is 5.73 Å². The van der Waals surface area contributed by atoms with Crippen LogP contribution in [0.2, 0.25) is 5.02 Å². The van der Waals surface area contributed by atoms with Crippen LogP contribution in [-0.4, -0.2) is 5.75 Å². The summed E-state index contributed by atoms with van der Waals surface area (Å²) < 4.78 is 25.9. The van der Waals surface area contributed by atoms with Crippen LogP contribution in [-0.2, 0) is 0 Å². The Kier molecular flexibility index (Phi) is 4.80. The van der Waals surface area contributed by atoms with E-state index in [4.69, 9.17) is 17.3 Å². The van der Waals surface area contributed by atoms with Crippen LogP contribution >= 0.6 is 23.4 Å². The van der Waals surface area contributed by atoms with Gasteiger partial charge >= 0.3 is 0 Å². The Hall–Kier alpha value is -1.10. The van der Waals surface area contributed by atoms with E-state index in [1.54, 1.807) is 23.9 Å². The normalized spacial score (nSPS) is 12.4. The number of thioether (sulfide) groups is 1. The topological polar surface area (TPSA) is 26.0 Å². The van der Waals surface area contributed by atoms with Gasteiger partial charge in [-0.15, -0.1) is 11.8 Å². The third-order valence-electron chi connectivity index (χ3n) is 2.62. The van der Waals surface area contributed by atoms with Crippen molar-refractivity contribution < 1.29 is 8.78 Å². The molecule has 1 atom stereocenters. The van der Waals surface area contributed by atoms with Gasteiger partial charge in [0.25, 0.3) is 0 Å². The molecule has 1 unspecified atom stereocenters. The number of benzene rings is 2. The van der Waals surface area contributed by atoms with Crippen molar-refractivity contribution in [1.29, 1.82) is 0 Å². The fourth-order valence-electron chi connectivity index (χ4n) is 1.56. The number of hydrogen-bond donors (Lipinski definition) is 1. The second kappa shape index (κ2) is 6.37. The smallest absolute Gasteiger partial charge is 0.159 e. The Balaban J connectivity index is 1.98. The van der Waals surface area contributed by atoms with Crippen molar-refractivity contribution in [2.45, 2.75) is 10.9 Å². The first-order chi connectivity index (χ1) is 9.06. The molecular weight excluding hydrogens is 288 g/mol. The minimum Gasteiger partial charge on any atom is -0.323 e. The van der Waals surface area contributed by atoms with E-state index in [1.165, 1.54) is 6.07 Å². The molecule has 2 aromatic rings. The lowest BCUT2D eigenvalue weighted by Crippen LogP contribution is -2.13. The van der Waals surface area contributed by atoms with Crippen LogP contribution in [0.1, 0.15) is 11.6 Å². The molecule has 2 aromatic carbocycles. The molecule has 1 nitrogen and oxygen atoms in total. The fraction of sp³-hybridized carbons (Fsp3) is 0.143. The summed E-state index contributed by atoms with van der Waals surface area (Å²) in [5, 5.41) is 0.675. The van der Waals surface area contributed by atoms with Gasteiger partial charge in [0, 0.05) is 21.7 Å². The molecule has 0 saturated carbocycles. The molecule has 0 radical (unpaired) electrons.